The highest BCUT2D eigenvalue weighted by molar-refractivity contribution is 6.30. The van der Waals surface area contributed by atoms with Crippen LogP contribution in [0.15, 0.2) is 24.3 Å². The molecule has 0 bridgehead atoms. The Hall–Kier alpha value is -1.59. The third kappa shape index (κ3) is 5.45. The van der Waals surface area contributed by atoms with Gasteiger partial charge in [-0.05, 0) is 55.7 Å². The highest BCUT2D eigenvalue weighted by Gasteiger charge is 2.30. The Morgan fingerprint density at radius 3 is 2.73 bits per heavy atom. The number of nitrogens with zero attached hydrogens (tertiary/aromatic N) is 1. The van der Waals surface area contributed by atoms with Gasteiger partial charge < -0.3 is 15.0 Å². The van der Waals surface area contributed by atoms with Gasteiger partial charge in [0.1, 0.15) is 6.10 Å². The molecule has 5 nitrogen and oxygen atoms in total. The number of carbonyl (C=O) groups excluding carboxylic acids is 2. The van der Waals surface area contributed by atoms with Crippen molar-refractivity contribution in [2.75, 3.05) is 19.7 Å². The van der Waals surface area contributed by atoms with Crippen molar-refractivity contribution in [2.24, 2.45) is 5.92 Å². The van der Waals surface area contributed by atoms with Gasteiger partial charge in [-0.3, -0.25) is 9.59 Å². The Balaban J connectivity index is 1.33. The van der Waals surface area contributed by atoms with Crippen LogP contribution in [0, 0.1) is 5.92 Å². The van der Waals surface area contributed by atoms with Crippen LogP contribution in [0.5, 0.6) is 0 Å². The lowest BCUT2D eigenvalue weighted by molar-refractivity contribution is -0.142. The molecule has 2 saturated heterocycles. The van der Waals surface area contributed by atoms with Gasteiger partial charge in [0.15, 0.2) is 0 Å². The number of nitrogens with one attached hydrogen (secondary N) is 1. The lowest BCUT2D eigenvalue weighted by Crippen LogP contribution is -2.43. The first-order valence-electron chi connectivity index (χ1n) is 9.53. The molecule has 0 unspecified atom stereocenters. The molecule has 0 aliphatic carbocycles. The van der Waals surface area contributed by atoms with Crippen molar-refractivity contribution < 1.29 is 14.3 Å². The Labute approximate surface area is 160 Å². The Bertz CT molecular complexity index is 623. The third-order valence-electron chi connectivity index (χ3n) is 5.29. The topological polar surface area (TPSA) is 58.6 Å². The largest absolute Gasteiger partial charge is 0.368 e. The van der Waals surface area contributed by atoms with E-state index in [0.717, 1.165) is 50.8 Å². The van der Waals surface area contributed by atoms with Crippen LogP contribution in [0.1, 0.15) is 44.1 Å². The van der Waals surface area contributed by atoms with Crippen molar-refractivity contribution in [3.05, 3.63) is 34.9 Å². The van der Waals surface area contributed by atoms with Crippen LogP contribution in [-0.4, -0.2) is 42.5 Å². The number of halogens is 1. The molecule has 2 aliphatic rings. The van der Waals surface area contributed by atoms with Crippen LogP contribution in [0.2, 0.25) is 5.02 Å². The second-order valence-electron chi connectivity index (χ2n) is 7.22. The van der Waals surface area contributed by atoms with Crippen LogP contribution in [0.4, 0.5) is 0 Å². The number of piperidine rings is 1. The average Bonchev–Trinajstić information content (AvgIpc) is 3.19. The summed E-state index contributed by atoms with van der Waals surface area (Å²) in [5, 5.41) is 3.63. The molecule has 0 radical (unpaired) electrons. The molecule has 3 rings (SSSR count). The number of hydrogen-bond donors (Lipinski definition) is 1. The smallest absolute Gasteiger partial charge is 0.251 e. The monoisotopic (exact) mass is 378 g/mol. The zero-order chi connectivity index (χ0) is 18.4. The molecule has 6 heteroatoms. The summed E-state index contributed by atoms with van der Waals surface area (Å²) in [6, 6.07) is 7.52. The average molecular weight is 379 g/mol. The van der Waals surface area contributed by atoms with Crippen molar-refractivity contribution in [1.29, 1.82) is 0 Å². The number of amides is 2. The van der Waals surface area contributed by atoms with E-state index in [4.69, 9.17) is 16.3 Å². The number of rotatable bonds is 6. The van der Waals surface area contributed by atoms with E-state index in [0.29, 0.717) is 30.5 Å². The van der Waals surface area contributed by atoms with Crippen molar-refractivity contribution in [3.8, 4) is 0 Å². The van der Waals surface area contributed by atoms with E-state index < -0.39 is 0 Å². The number of hydrogen-bond acceptors (Lipinski definition) is 3. The van der Waals surface area contributed by atoms with E-state index in [9.17, 15) is 9.59 Å². The van der Waals surface area contributed by atoms with Crippen LogP contribution in [-0.2, 0) is 20.9 Å². The maximum atomic E-state index is 12.3. The number of carbonyl (C=O) groups is 2. The van der Waals surface area contributed by atoms with Gasteiger partial charge >= 0.3 is 0 Å². The highest BCUT2D eigenvalue weighted by Crippen LogP contribution is 2.24. The second-order valence-corrected chi connectivity index (χ2v) is 7.65. The lowest BCUT2D eigenvalue weighted by atomic mass is 9.91. The molecule has 2 heterocycles. The van der Waals surface area contributed by atoms with Crippen molar-refractivity contribution in [3.63, 3.8) is 0 Å². The minimum absolute atomic E-state index is 0.0721. The Kier molecular flexibility index (Phi) is 6.92. The second kappa shape index (κ2) is 9.38. The molecular weight excluding hydrogens is 352 g/mol. The van der Waals surface area contributed by atoms with Gasteiger partial charge in [0.2, 0.25) is 5.91 Å². The fourth-order valence-electron chi connectivity index (χ4n) is 3.69. The molecule has 2 fully saturated rings. The molecule has 142 valence electrons. The molecule has 0 saturated carbocycles. The summed E-state index contributed by atoms with van der Waals surface area (Å²) >= 11 is 5.95. The molecule has 1 N–H and O–H groups in total. The number of likely N-dealkylation sites (tertiary alicyclic amines) is 1. The van der Waals surface area contributed by atoms with Gasteiger partial charge in [-0.25, -0.2) is 0 Å². The summed E-state index contributed by atoms with van der Waals surface area (Å²) in [4.78, 5) is 26.3. The zero-order valence-corrected chi connectivity index (χ0v) is 15.8. The molecule has 2 aliphatic heterocycles. The minimum atomic E-state index is -0.219. The minimum Gasteiger partial charge on any atom is -0.368 e. The van der Waals surface area contributed by atoms with E-state index in [1.54, 1.807) is 0 Å². The summed E-state index contributed by atoms with van der Waals surface area (Å²) < 4.78 is 5.49. The van der Waals surface area contributed by atoms with Crippen LogP contribution < -0.4 is 5.32 Å². The quantitative estimate of drug-likeness (QED) is 0.827. The number of ether oxygens (including phenoxy) is 1. The molecule has 0 aromatic heterocycles. The van der Waals surface area contributed by atoms with Gasteiger partial charge in [0.05, 0.1) is 0 Å². The van der Waals surface area contributed by atoms with Crippen LogP contribution >= 0.6 is 11.6 Å². The molecule has 26 heavy (non-hydrogen) atoms. The van der Waals surface area contributed by atoms with Gasteiger partial charge in [0, 0.05) is 37.7 Å². The van der Waals surface area contributed by atoms with E-state index in [2.05, 4.69) is 5.32 Å². The third-order valence-corrected chi connectivity index (χ3v) is 5.52. The predicted molar refractivity (Wildman–Crippen MR) is 101 cm³/mol. The van der Waals surface area contributed by atoms with Gasteiger partial charge in [-0.15, -0.1) is 0 Å². The fraction of sp³-hybridized carbons (Fsp3) is 0.600. The summed E-state index contributed by atoms with van der Waals surface area (Å²) in [7, 11) is 0. The normalized spacial score (nSPS) is 21.0. The molecule has 0 spiro atoms. The van der Waals surface area contributed by atoms with Crippen molar-refractivity contribution >= 4 is 23.4 Å². The van der Waals surface area contributed by atoms with E-state index >= 15 is 0 Å². The summed E-state index contributed by atoms with van der Waals surface area (Å²) in [5.41, 5.74) is 1.01. The maximum absolute atomic E-state index is 12.3. The molecule has 1 aromatic rings. The number of benzene rings is 1. The Morgan fingerprint density at radius 2 is 2.04 bits per heavy atom. The standard InChI is InChI=1S/C20H27ClN2O3/c21-17-4-1-3-16(13-17)14-22-19(24)7-6-15-8-10-23(11-9-15)20(25)18-5-2-12-26-18/h1,3-4,13,15,18H,2,5-12,14H2,(H,22,24)/t18-/m0/s1. The predicted octanol–water partition coefficient (Wildman–Crippen LogP) is 3.15. The van der Waals surface area contributed by atoms with Crippen molar-refractivity contribution in [2.45, 2.75) is 51.2 Å². The van der Waals surface area contributed by atoms with Gasteiger partial charge in [0.25, 0.3) is 5.91 Å². The van der Waals surface area contributed by atoms with Crippen LogP contribution in [0.25, 0.3) is 0 Å². The van der Waals surface area contributed by atoms with Gasteiger partial charge in [-0.2, -0.15) is 0 Å². The first-order chi connectivity index (χ1) is 12.6. The lowest BCUT2D eigenvalue weighted by Gasteiger charge is -2.33. The SMILES string of the molecule is O=C(CCC1CCN(C(=O)[C@@H]2CCCO2)CC1)NCc1cccc(Cl)c1. The van der Waals surface area contributed by atoms with E-state index in [1.807, 2.05) is 29.2 Å². The highest BCUT2D eigenvalue weighted by atomic mass is 35.5. The molecular formula is C20H27ClN2O3. The van der Waals surface area contributed by atoms with E-state index in [-0.39, 0.29) is 17.9 Å². The van der Waals surface area contributed by atoms with E-state index in [1.165, 1.54) is 0 Å². The zero-order valence-electron chi connectivity index (χ0n) is 15.1. The maximum Gasteiger partial charge on any atom is 0.251 e. The summed E-state index contributed by atoms with van der Waals surface area (Å²) in [6.07, 6.45) is 4.97. The summed E-state index contributed by atoms with van der Waals surface area (Å²) in [6.45, 7) is 2.78. The first kappa shape index (κ1) is 19.2. The Morgan fingerprint density at radius 1 is 1.23 bits per heavy atom. The molecule has 2 amide bonds. The fourth-order valence-corrected chi connectivity index (χ4v) is 3.90. The van der Waals surface area contributed by atoms with Crippen molar-refractivity contribution in [1.82, 2.24) is 10.2 Å². The molecule has 1 aromatic carbocycles. The van der Waals surface area contributed by atoms with Gasteiger partial charge in [-0.1, -0.05) is 23.7 Å². The first-order valence-corrected chi connectivity index (χ1v) is 9.91. The molecule has 1 atom stereocenters. The van der Waals surface area contributed by atoms with Crippen LogP contribution in [0.3, 0.4) is 0 Å². The summed E-state index contributed by atoms with van der Waals surface area (Å²) in [5.74, 6) is 0.739.